The molecule has 0 bridgehead atoms. The van der Waals surface area contributed by atoms with Crippen LogP contribution in [0.3, 0.4) is 0 Å². The van der Waals surface area contributed by atoms with Crippen LogP contribution < -0.4 is 25.4 Å². The van der Waals surface area contributed by atoms with Crippen LogP contribution >= 0.6 is 12.4 Å². The second-order valence-corrected chi connectivity index (χ2v) is 5.47. The van der Waals surface area contributed by atoms with Crippen molar-refractivity contribution in [1.29, 1.82) is 0 Å². The summed E-state index contributed by atoms with van der Waals surface area (Å²) in [4.78, 5) is 26.1. The molecule has 2 atom stereocenters. The first-order chi connectivity index (χ1) is 11.5. The first-order valence-corrected chi connectivity index (χ1v) is 7.59. The topological polar surface area (TPSA) is 103 Å². The molecular formula is C16H24ClN3O5. The Morgan fingerprint density at radius 2 is 1.88 bits per heavy atom. The van der Waals surface area contributed by atoms with E-state index in [4.69, 9.17) is 19.9 Å². The van der Waals surface area contributed by atoms with Crippen molar-refractivity contribution in [1.82, 2.24) is 5.32 Å². The molecule has 0 radical (unpaired) electrons. The van der Waals surface area contributed by atoms with Crippen LogP contribution in [0.2, 0.25) is 0 Å². The standard InChI is InChI=1S/C16H23N3O5.ClH/c1-22-9-13(17)15(20)18-14-4-5-19(16(14)21)10-6-11(23-2)8-12(7-10)24-3;/h6-8,13-14H,4-5,9,17H2,1-3H3,(H,18,20);1H. The number of nitrogens with two attached hydrogens (primary N) is 1. The van der Waals surface area contributed by atoms with Crippen LogP contribution in [0.4, 0.5) is 5.69 Å². The highest BCUT2D eigenvalue weighted by atomic mass is 35.5. The number of nitrogens with zero attached hydrogens (tertiary/aromatic N) is 1. The maximum atomic E-state index is 12.6. The monoisotopic (exact) mass is 373 g/mol. The van der Waals surface area contributed by atoms with Crippen LogP contribution in [0, 0.1) is 0 Å². The zero-order valence-electron chi connectivity index (χ0n) is 14.5. The lowest BCUT2D eigenvalue weighted by atomic mass is 10.2. The van der Waals surface area contributed by atoms with E-state index in [1.165, 1.54) is 7.11 Å². The van der Waals surface area contributed by atoms with Gasteiger partial charge in [-0.2, -0.15) is 0 Å². The molecule has 1 heterocycles. The van der Waals surface area contributed by atoms with Crippen LogP contribution in [0.25, 0.3) is 0 Å². The molecule has 1 fully saturated rings. The molecule has 2 unspecified atom stereocenters. The largest absolute Gasteiger partial charge is 0.497 e. The Morgan fingerprint density at radius 1 is 1.28 bits per heavy atom. The van der Waals surface area contributed by atoms with Gasteiger partial charge >= 0.3 is 0 Å². The van der Waals surface area contributed by atoms with E-state index in [-0.39, 0.29) is 24.9 Å². The second-order valence-electron chi connectivity index (χ2n) is 5.47. The minimum atomic E-state index is -0.797. The van der Waals surface area contributed by atoms with Gasteiger partial charge in [-0.25, -0.2) is 0 Å². The number of carbonyl (C=O) groups is 2. The van der Waals surface area contributed by atoms with E-state index in [9.17, 15) is 9.59 Å². The Balaban J connectivity index is 0.00000312. The van der Waals surface area contributed by atoms with Gasteiger partial charge in [-0.1, -0.05) is 0 Å². The molecule has 0 aliphatic carbocycles. The van der Waals surface area contributed by atoms with E-state index in [1.807, 2.05) is 0 Å². The fourth-order valence-corrected chi connectivity index (χ4v) is 2.55. The maximum absolute atomic E-state index is 12.6. The van der Waals surface area contributed by atoms with Gasteiger partial charge in [0.1, 0.15) is 23.6 Å². The van der Waals surface area contributed by atoms with Gasteiger partial charge < -0.3 is 30.2 Å². The molecule has 0 spiro atoms. The molecule has 1 saturated heterocycles. The van der Waals surface area contributed by atoms with Crippen molar-refractivity contribution in [2.24, 2.45) is 5.73 Å². The van der Waals surface area contributed by atoms with Crippen LogP contribution in [-0.2, 0) is 14.3 Å². The van der Waals surface area contributed by atoms with E-state index < -0.39 is 18.0 Å². The first-order valence-electron chi connectivity index (χ1n) is 7.59. The summed E-state index contributed by atoms with van der Waals surface area (Å²) >= 11 is 0. The van der Waals surface area contributed by atoms with Gasteiger partial charge in [0.2, 0.25) is 11.8 Å². The summed E-state index contributed by atoms with van der Waals surface area (Å²) in [5, 5.41) is 2.67. The molecule has 2 rings (SSSR count). The van der Waals surface area contributed by atoms with E-state index >= 15 is 0 Å². The zero-order chi connectivity index (χ0) is 17.7. The van der Waals surface area contributed by atoms with Crippen molar-refractivity contribution in [3.8, 4) is 11.5 Å². The number of methoxy groups -OCH3 is 3. The Morgan fingerprint density at radius 3 is 2.40 bits per heavy atom. The molecule has 140 valence electrons. The summed E-state index contributed by atoms with van der Waals surface area (Å²) in [5.41, 5.74) is 6.34. The van der Waals surface area contributed by atoms with E-state index in [2.05, 4.69) is 5.32 Å². The van der Waals surface area contributed by atoms with Gasteiger partial charge in [0, 0.05) is 31.9 Å². The third kappa shape index (κ3) is 4.97. The predicted molar refractivity (Wildman–Crippen MR) is 95.5 cm³/mol. The SMILES string of the molecule is COCC(N)C(=O)NC1CCN(c2cc(OC)cc(OC)c2)C1=O.Cl. The van der Waals surface area contributed by atoms with Crippen LogP contribution in [0.5, 0.6) is 11.5 Å². The van der Waals surface area contributed by atoms with Crippen LogP contribution in [-0.4, -0.2) is 58.4 Å². The molecule has 2 amide bonds. The van der Waals surface area contributed by atoms with Gasteiger partial charge in [-0.15, -0.1) is 12.4 Å². The number of amides is 2. The van der Waals surface area contributed by atoms with Crippen molar-refractivity contribution in [3.63, 3.8) is 0 Å². The molecule has 8 nitrogen and oxygen atoms in total. The van der Waals surface area contributed by atoms with E-state index in [1.54, 1.807) is 37.3 Å². The summed E-state index contributed by atoms with van der Waals surface area (Å²) in [6.45, 7) is 0.586. The zero-order valence-corrected chi connectivity index (χ0v) is 15.3. The molecular weight excluding hydrogens is 350 g/mol. The number of anilines is 1. The molecule has 1 aliphatic heterocycles. The number of nitrogens with one attached hydrogen (secondary N) is 1. The average molecular weight is 374 g/mol. The van der Waals surface area contributed by atoms with Gasteiger partial charge in [0.05, 0.1) is 26.5 Å². The number of rotatable bonds is 7. The fourth-order valence-electron chi connectivity index (χ4n) is 2.55. The molecule has 9 heteroatoms. The van der Waals surface area contributed by atoms with E-state index in [0.29, 0.717) is 30.2 Å². The van der Waals surface area contributed by atoms with Crippen molar-refractivity contribution >= 4 is 29.9 Å². The minimum absolute atomic E-state index is 0. The highest BCUT2D eigenvalue weighted by molar-refractivity contribution is 6.02. The van der Waals surface area contributed by atoms with Crippen LogP contribution in [0.1, 0.15) is 6.42 Å². The van der Waals surface area contributed by atoms with Gasteiger partial charge in [0.25, 0.3) is 0 Å². The number of halogens is 1. The summed E-state index contributed by atoms with van der Waals surface area (Å²) < 4.78 is 15.3. The highest BCUT2D eigenvalue weighted by Gasteiger charge is 2.34. The van der Waals surface area contributed by atoms with Gasteiger partial charge in [0.15, 0.2) is 0 Å². The Hall–Kier alpha value is -2.03. The predicted octanol–water partition coefficient (Wildman–Crippen LogP) is 0.321. The maximum Gasteiger partial charge on any atom is 0.249 e. The number of benzene rings is 1. The highest BCUT2D eigenvalue weighted by Crippen LogP contribution is 2.30. The molecule has 3 N–H and O–H groups in total. The number of hydrogen-bond donors (Lipinski definition) is 2. The molecule has 0 saturated carbocycles. The third-order valence-corrected chi connectivity index (χ3v) is 3.85. The number of carbonyl (C=O) groups excluding carboxylic acids is 2. The Kier molecular flexibility index (Phi) is 7.95. The lowest BCUT2D eigenvalue weighted by Gasteiger charge is -2.19. The van der Waals surface area contributed by atoms with Crippen molar-refractivity contribution < 1.29 is 23.8 Å². The summed E-state index contributed by atoms with van der Waals surface area (Å²) in [6.07, 6.45) is 0.504. The summed E-state index contributed by atoms with van der Waals surface area (Å²) in [6, 6.07) is 3.83. The normalized spacial score (nSPS) is 17.7. The van der Waals surface area contributed by atoms with Gasteiger partial charge in [-0.05, 0) is 6.42 Å². The third-order valence-electron chi connectivity index (χ3n) is 3.85. The molecule has 1 aromatic carbocycles. The van der Waals surface area contributed by atoms with Crippen molar-refractivity contribution in [2.75, 3.05) is 39.4 Å². The molecule has 0 aromatic heterocycles. The lowest BCUT2D eigenvalue weighted by Crippen LogP contribution is -2.49. The summed E-state index contributed by atoms with van der Waals surface area (Å²) in [5.74, 6) is 0.585. The van der Waals surface area contributed by atoms with Crippen molar-refractivity contribution in [3.05, 3.63) is 18.2 Å². The second kappa shape index (κ2) is 9.45. The first kappa shape index (κ1) is 21.0. The molecule has 1 aliphatic rings. The number of ether oxygens (including phenoxy) is 3. The Bertz CT molecular complexity index is 591. The minimum Gasteiger partial charge on any atom is -0.497 e. The van der Waals surface area contributed by atoms with Crippen molar-refractivity contribution in [2.45, 2.75) is 18.5 Å². The smallest absolute Gasteiger partial charge is 0.249 e. The van der Waals surface area contributed by atoms with Crippen LogP contribution in [0.15, 0.2) is 18.2 Å². The summed E-state index contributed by atoms with van der Waals surface area (Å²) in [7, 11) is 4.56. The number of hydrogen-bond acceptors (Lipinski definition) is 6. The quantitative estimate of drug-likeness (QED) is 0.713. The Labute approximate surface area is 153 Å². The molecule has 1 aromatic rings. The lowest BCUT2D eigenvalue weighted by molar-refractivity contribution is -0.128. The average Bonchev–Trinajstić information content (AvgIpc) is 2.95. The van der Waals surface area contributed by atoms with E-state index in [0.717, 1.165) is 0 Å². The van der Waals surface area contributed by atoms with Gasteiger partial charge in [-0.3, -0.25) is 9.59 Å². The molecule has 25 heavy (non-hydrogen) atoms. The fraction of sp³-hybridized carbons (Fsp3) is 0.500.